The van der Waals surface area contributed by atoms with Crippen molar-refractivity contribution in [3.05, 3.63) is 57.7 Å². The van der Waals surface area contributed by atoms with Crippen LogP contribution in [0.5, 0.6) is 17.2 Å². The molecule has 0 radical (unpaired) electrons. The SMILES string of the molecule is COC(=O)C(C)=CCC1(O)C(O)CC2Oc3c(CC=C(C)C)c4c(c(OP(=O)(O)O)c3C(=O)C(C(C)C(C#N)C#N)C21C(C)C)C=CC(C)(CCC=C(C)C)O4. The summed E-state index contributed by atoms with van der Waals surface area (Å²) in [6, 6.07) is 3.94. The number of phosphoric acid groups is 1. The molecule has 4 rings (SSSR count). The normalized spacial score (nSPS) is 27.4. The molecule has 56 heavy (non-hydrogen) atoms. The maximum absolute atomic E-state index is 15.8. The van der Waals surface area contributed by atoms with Crippen molar-refractivity contribution in [2.45, 2.75) is 118 Å². The molecule has 14 heteroatoms. The molecule has 1 aliphatic carbocycles. The second-order valence-corrected chi connectivity index (χ2v) is 17.4. The molecule has 3 aliphatic rings. The van der Waals surface area contributed by atoms with Crippen LogP contribution >= 0.6 is 7.82 Å². The maximum Gasteiger partial charge on any atom is 0.524 e. The predicted molar refractivity (Wildman–Crippen MR) is 208 cm³/mol. The molecule has 13 nitrogen and oxygen atoms in total. The van der Waals surface area contributed by atoms with E-state index in [0.29, 0.717) is 18.4 Å². The molecule has 4 N–H and O–H groups in total. The van der Waals surface area contributed by atoms with Crippen LogP contribution in [0.3, 0.4) is 0 Å². The molecule has 0 spiro atoms. The van der Waals surface area contributed by atoms with Crippen LogP contribution in [0.25, 0.3) is 6.08 Å². The van der Waals surface area contributed by atoms with E-state index in [0.717, 1.165) is 11.1 Å². The van der Waals surface area contributed by atoms with Crippen molar-refractivity contribution in [3.63, 3.8) is 0 Å². The molecular formula is C42H55N2O11P. The maximum atomic E-state index is 15.8. The average molecular weight is 795 g/mol. The van der Waals surface area contributed by atoms with Crippen LogP contribution in [0, 0.1) is 51.7 Å². The molecule has 0 saturated heterocycles. The summed E-state index contributed by atoms with van der Waals surface area (Å²) in [5.41, 5.74) is -2.62. The van der Waals surface area contributed by atoms with E-state index in [-0.39, 0.29) is 47.5 Å². The second kappa shape index (κ2) is 16.7. The quantitative estimate of drug-likeness (QED) is 0.0680. The number of ether oxygens (including phenoxy) is 3. The van der Waals surface area contributed by atoms with Crippen molar-refractivity contribution >= 4 is 25.7 Å². The van der Waals surface area contributed by atoms with Crippen LogP contribution in [0.2, 0.25) is 0 Å². The number of ketones is 1. The van der Waals surface area contributed by atoms with E-state index in [1.54, 1.807) is 26.0 Å². The molecule has 304 valence electrons. The Morgan fingerprint density at radius 2 is 1.70 bits per heavy atom. The van der Waals surface area contributed by atoms with Crippen LogP contribution in [0.15, 0.2) is 41.0 Å². The van der Waals surface area contributed by atoms with E-state index in [9.17, 15) is 39.9 Å². The van der Waals surface area contributed by atoms with E-state index < -0.39 is 77.8 Å². The molecule has 7 atom stereocenters. The first-order chi connectivity index (χ1) is 26.0. The first kappa shape index (κ1) is 44.5. The highest BCUT2D eigenvalue weighted by molar-refractivity contribution is 7.46. The predicted octanol–water partition coefficient (Wildman–Crippen LogP) is 7.08. The summed E-state index contributed by atoms with van der Waals surface area (Å²) in [6.07, 6.45) is 6.76. The minimum atomic E-state index is -5.39. The summed E-state index contributed by atoms with van der Waals surface area (Å²) in [7, 11) is -4.19. The lowest BCUT2D eigenvalue weighted by Gasteiger charge is -2.53. The molecule has 1 aromatic carbocycles. The molecule has 2 heterocycles. The summed E-state index contributed by atoms with van der Waals surface area (Å²) in [4.78, 5) is 48.9. The number of Topliss-reactive ketones (excluding diaryl/α,β-unsaturated/α-hetero) is 1. The zero-order valence-corrected chi connectivity index (χ0v) is 34.8. The lowest BCUT2D eigenvalue weighted by Crippen LogP contribution is -2.63. The molecule has 1 aromatic rings. The van der Waals surface area contributed by atoms with Crippen molar-refractivity contribution < 1.29 is 52.9 Å². The van der Waals surface area contributed by atoms with Crippen LogP contribution in [-0.4, -0.2) is 62.3 Å². The number of nitriles is 2. The summed E-state index contributed by atoms with van der Waals surface area (Å²) in [6.45, 7) is 16.1. The Kier molecular flexibility index (Phi) is 13.3. The van der Waals surface area contributed by atoms with Gasteiger partial charge >= 0.3 is 13.8 Å². The Labute approximate surface area is 329 Å². The van der Waals surface area contributed by atoms with Gasteiger partial charge < -0.3 is 28.9 Å². The molecule has 0 amide bonds. The van der Waals surface area contributed by atoms with Gasteiger partial charge in [-0.05, 0) is 91.2 Å². The molecule has 0 aromatic heterocycles. The Hall–Kier alpha value is -4.23. The number of phosphoric ester groups is 1. The Morgan fingerprint density at radius 1 is 1.07 bits per heavy atom. The van der Waals surface area contributed by atoms with Gasteiger partial charge in [0.2, 0.25) is 0 Å². The number of carbonyl (C=O) groups excluding carboxylic acids is 2. The molecule has 1 saturated carbocycles. The van der Waals surface area contributed by atoms with Gasteiger partial charge in [-0.1, -0.05) is 50.1 Å². The van der Waals surface area contributed by atoms with E-state index >= 15 is 4.79 Å². The van der Waals surface area contributed by atoms with Crippen molar-refractivity contribution in [1.29, 1.82) is 10.5 Å². The van der Waals surface area contributed by atoms with Crippen molar-refractivity contribution in [1.82, 2.24) is 0 Å². The third-order valence-corrected chi connectivity index (χ3v) is 12.1. The molecule has 0 bridgehead atoms. The number of hydrogen-bond donors (Lipinski definition) is 4. The van der Waals surface area contributed by atoms with Crippen molar-refractivity contribution in [2.24, 2.45) is 29.1 Å². The van der Waals surface area contributed by atoms with Gasteiger partial charge in [0.05, 0.1) is 36.3 Å². The fraction of sp³-hybridized carbons (Fsp3) is 0.571. The number of fused-ring (bicyclic) bond motifs is 3. The van der Waals surface area contributed by atoms with E-state index in [1.807, 2.05) is 52.8 Å². The summed E-state index contributed by atoms with van der Waals surface area (Å²) < 4.78 is 36.8. The number of rotatable bonds is 13. The van der Waals surface area contributed by atoms with Gasteiger partial charge in [-0.15, -0.1) is 0 Å². The van der Waals surface area contributed by atoms with E-state index in [4.69, 9.17) is 18.7 Å². The first-order valence-electron chi connectivity index (χ1n) is 18.8. The van der Waals surface area contributed by atoms with Gasteiger partial charge in [-0.25, -0.2) is 9.36 Å². The highest BCUT2D eigenvalue weighted by atomic mass is 31.2. The summed E-state index contributed by atoms with van der Waals surface area (Å²) in [5, 5.41) is 45.3. The highest BCUT2D eigenvalue weighted by Gasteiger charge is 2.73. The van der Waals surface area contributed by atoms with Crippen LogP contribution in [0.1, 0.15) is 109 Å². The van der Waals surface area contributed by atoms with Crippen LogP contribution in [-0.2, 0) is 20.5 Å². The second-order valence-electron chi connectivity index (χ2n) is 16.3. The molecular weight excluding hydrogens is 739 g/mol. The first-order valence-corrected chi connectivity index (χ1v) is 20.3. The number of hydrogen-bond acceptors (Lipinski definition) is 11. The summed E-state index contributed by atoms with van der Waals surface area (Å²) >= 11 is 0. The standard InChI is InChI=1S/C42H55N2O11P/c1-23(2)12-11-17-40(9)18-16-30-36(54-40)29(14-13-24(3)4)37-33(38(30)55-56(49,50)51)35(46)34(27(8)28(21-43)22-44)42(25(5)6)32(53-37)20-31(45)41(42,48)19-15-26(7)39(47)52-10/h12-13,15-16,18,25,27-28,31-32,34,45,48H,11,14,17,19-20H2,1-10H3,(H2,49,50,51). The molecule has 7 unspecified atom stereocenters. The van der Waals surface area contributed by atoms with Gasteiger partial charge in [0.1, 0.15) is 40.3 Å². The number of aliphatic hydroxyl groups is 2. The number of allylic oxidation sites excluding steroid dienone is 4. The van der Waals surface area contributed by atoms with Gasteiger partial charge in [0.25, 0.3) is 0 Å². The van der Waals surface area contributed by atoms with Gasteiger partial charge in [-0.2, -0.15) is 10.5 Å². The zero-order valence-electron chi connectivity index (χ0n) is 33.9. The van der Waals surface area contributed by atoms with Crippen molar-refractivity contribution in [3.8, 4) is 29.4 Å². The smallest absolute Gasteiger partial charge is 0.488 e. The van der Waals surface area contributed by atoms with Gasteiger partial charge in [0.15, 0.2) is 11.5 Å². The zero-order chi connectivity index (χ0) is 42.1. The lowest BCUT2D eigenvalue weighted by molar-refractivity contribution is -0.180. The topological polar surface area (TPSA) is 217 Å². The summed E-state index contributed by atoms with van der Waals surface area (Å²) in [5.74, 6) is -6.65. The Morgan fingerprint density at radius 3 is 2.23 bits per heavy atom. The average Bonchev–Trinajstić information content (AvgIpc) is 3.23. The largest absolute Gasteiger partial charge is 0.524 e. The van der Waals surface area contributed by atoms with Gasteiger partial charge in [-0.3, -0.25) is 14.6 Å². The van der Waals surface area contributed by atoms with Crippen LogP contribution < -0.4 is 14.0 Å². The molecule has 1 fully saturated rings. The number of nitrogens with zero attached hydrogens (tertiary/aromatic N) is 2. The minimum Gasteiger partial charge on any atom is -0.488 e. The fourth-order valence-corrected chi connectivity index (χ4v) is 9.34. The minimum absolute atomic E-state index is 0.0852. The van der Waals surface area contributed by atoms with E-state index in [2.05, 4.69) is 6.08 Å². The fourth-order valence-electron chi connectivity index (χ4n) is 8.91. The number of esters is 1. The lowest BCUT2D eigenvalue weighted by atomic mass is 9.52. The van der Waals surface area contributed by atoms with Crippen molar-refractivity contribution in [2.75, 3.05) is 7.11 Å². The number of methoxy groups -OCH3 is 1. The Balaban J connectivity index is 2.20. The number of benzene rings is 1. The molecule has 2 aliphatic heterocycles. The van der Waals surface area contributed by atoms with E-state index in [1.165, 1.54) is 27.0 Å². The number of carbonyl (C=O) groups is 2. The van der Waals surface area contributed by atoms with Gasteiger partial charge in [0, 0.05) is 23.5 Å². The highest BCUT2D eigenvalue weighted by Crippen LogP contribution is 2.65. The Bertz CT molecular complexity index is 1980. The number of aliphatic hydroxyl groups excluding tert-OH is 1. The third kappa shape index (κ3) is 8.12. The monoisotopic (exact) mass is 794 g/mol. The third-order valence-electron chi connectivity index (χ3n) is 11.6. The van der Waals surface area contributed by atoms with Crippen LogP contribution in [0.4, 0.5) is 0 Å².